The Morgan fingerprint density at radius 2 is 1.74 bits per heavy atom. The van der Waals surface area contributed by atoms with E-state index in [9.17, 15) is 18.7 Å². The summed E-state index contributed by atoms with van der Waals surface area (Å²) in [6.07, 6.45) is -0.306. The third-order valence-electron chi connectivity index (χ3n) is 8.08. The fourth-order valence-electron chi connectivity index (χ4n) is 5.58. The van der Waals surface area contributed by atoms with Gasteiger partial charge in [0, 0.05) is 29.0 Å². The van der Waals surface area contributed by atoms with Crippen molar-refractivity contribution in [3.05, 3.63) is 112 Å². The molecular weight excluding hydrogens is 604 g/mol. The van der Waals surface area contributed by atoms with Gasteiger partial charge >= 0.3 is 5.97 Å². The average molecular weight is 631 g/mol. The quantitative estimate of drug-likeness (QED) is 0.184. The van der Waals surface area contributed by atoms with Crippen LogP contribution in [0, 0.1) is 40.0 Å². The zero-order chi connectivity index (χ0) is 32.7. The number of pyridine rings is 1. The normalized spacial score (nSPS) is 15.6. The lowest BCUT2D eigenvalue weighted by Crippen LogP contribution is -2.27. The van der Waals surface area contributed by atoms with Crippen LogP contribution in [0.2, 0.25) is 0 Å². The second kappa shape index (κ2) is 11.9. The Balaban J connectivity index is 1.34. The van der Waals surface area contributed by atoms with Crippen molar-refractivity contribution in [2.24, 2.45) is 5.41 Å². The first kappa shape index (κ1) is 30.7. The highest BCUT2D eigenvalue weighted by atomic mass is 19.1. The number of halogens is 4. The Morgan fingerprint density at radius 1 is 1.02 bits per heavy atom. The summed E-state index contributed by atoms with van der Waals surface area (Å²) >= 11 is 0. The molecule has 46 heavy (non-hydrogen) atoms. The fourth-order valence-corrected chi connectivity index (χ4v) is 5.58. The van der Waals surface area contributed by atoms with Gasteiger partial charge in [-0.3, -0.25) is 0 Å². The third kappa shape index (κ3) is 5.77. The Hall–Kier alpha value is -5.28. The standard InChI is InChI=1S/C34H26F4N4O4/c1-34(2)17-45-16-29(34)42-28-11-20(33(43)44)7-8-27(28)40-30(42)12-22-23(35)9-21(10-24(22)36)31-25(37)13-26(38)32(41-31)46-15-19-5-3-18(14-39)4-6-19/h3-11,13,29H,12,15-17H2,1-2H3,(H,43,44). The van der Waals surface area contributed by atoms with Gasteiger partial charge in [-0.2, -0.15) is 5.26 Å². The van der Waals surface area contributed by atoms with Crippen molar-refractivity contribution >= 4 is 17.0 Å². The van der Waals surface area contributed by atoms with E-state index in [4.69, 9.17) is 14.7 Å². The number of rotatable bonds is 8. The number of ether oxygens (including phenoxy) is 2. The van der Waals surface area contributed by atoms with Crippen molar-refractivity contribution in [1.29, 1.82) is 5.26 Å². The number of nitrogens with zero attached hydrogens (tertiary/aromatic N) is 4. The molecule has 5 aromatic rings. The summed E-state index contributed by atoms with van der Waals surface area (Å²) in [6, 6.07) is 14.8. The number of carbonyl (C=O) groups is 1. The minimum Gasteiger partial charge on any atom is -0.478 e. The maximum Gasteiger partial charge on any atom is 0.335 e. The van der Waals surface area contributed by atoms with Crippen LogP contribution >= 0.6 is 0 Å². The van der Waals surface area contributed by atoms with Gasteiger partial charge in [-0.15, -0.1) is 0 Å². The van der Waals surface area contributed by atoms with E-state index in [0.29, 0.717) is 34.8 Å². The number of aromatic nitrogens is 3. The first-order valence-electron chi connectivity index (χ1n) is 14.2. The number of imidazole rings is 1. The summed E-state index contributed by atoms with van der Waals surface area (Å²) in [5.74, 6) is -5.67. The SMILES string of the molecule is CC1(C)COCC1n1c(Cc2c(F)cc(-c3nc(OCc4ccc(C#N)cc4)c(F)cc3F)cc2F)nc2ccc(C(=O)O)cc21. The zero-order valence-corrected chi connectivity index (χ0v) is 24.7. The minimum atomic E-state index is -1.14. The molecule has 1 aliphatic rings. The van der Waals surface area contributed by atoms with Crippen LogP contribution in [0.15, 0.2) is 60.7 Å². The van der Waals surface area contributed by atoms with Crippen LogP contribution in [-0.4, -0.2) is 38.8 Å². The van der Waals surface area contributed by atoms with Crippen LogP contribution in [0.4, 0.5) is 17.6 Å². The molecule has 0 amide bonds. The molecule has 1 fully saturated rings. The second-order valence-corrected chi connectivity index (χ2v) is 11.7. The second-order valence-electron chi connectivity index (χ2n) is 11.7. The summed E-state index contributed by atoms with van der Waals surface area (Å²) in [7, 11) is 0. The summed E-state index contributed by atoms with van der Waals surface area (Å²) in [4.78, 5) is 20.2. The van der Waals surface area contributed by atoms with Gasteiger partial charge in [0.25, 0.3) is 5.88 Å². The van der Waals surface area contributed by atoms with Crippen LogP contribution in [0.3, 0.4) is 0 Å². The van der Waals surface area contributed by atoms with E-state index in [0.717, 1.165) is 12.1 Å². The molecule has 0 bridgehead atoms. The Kier molecular flexibility index (Phi) is 7.96. The molecule has 3 heterocycles. The number of carboxylic acids is 1. The van der Waals surface area contributed by atoms with Gasteiger partial charge in [0.05, 0.1) is 47.5 Å². The van der Waals surface area contributed by atoms with Gasteiger partial charge in [-0.05, 0) is 48.0 Å². The maximum absolute atomic E-state index is 15.7. The molecular formula is C34H26F4N4O4. The topological polar surface area (TPSA) is 110 Å². The molecule has 0 spiro atoms. The number of hydrogen-bond acceptors (Lipinski definition) is 6. The summed E-state index contributed by atoms with van der Waals surface area (Å²) in [5.41, 5.74) is 0.448. The third-order valence-corrected chi connectivity index (χ3v) is 8.08. The Morgan fingerprint density at radius 3 is 2.37 bits per heavy atom. The Labute approximate surface area is 260 Å². The molecule has 2 aromatic heterocycles. The lowest BCUT2D eigenvalue weighted by Gasteiger charge is -2.28. The van der Waals surface area contributed by atoms with E-state index >= 15 is 8.78 Å². The van der Waals surface area contributed by atoms with Gasteiger partial charge in [-0.1, -0.05) is 26.0 Å². The number of nitriles is 1. The lowest BCUT2D eigenvalue weighted by molar-refractivity contribution is 0.0697. The van der Waals surface area contributed by atoms with Gasteiger partial charge in [-0.25, -0.2) is 32.3 Å². The van der Waals surface area contributed by atoms with Crippen molar-refractivity contribution in [3.8, 4) is 23.2 Å². The molecule has 3 aromatic carbocycles. The highest BCUT2D eigenvalue weighted by molar-refractivity contribution is 5.92. The van der Waals surface area contributed by atoms with Crippen LogP contribution in [0.1, 0.15) is 52.8 Å². The molecule has 0 aliphatic carbocycles. The number of benzene rings is 3. The Bertz CT molecular complexity index is 2010. The van der Waals surface area contributed by atoms with E-state index in [1.807, 2.05) is 19.9 Å². The number of aromatic carboxylic acids is 1. The average Bonchev–Trinajstić information content (AvgIpc) is 3.55. The molecule has 12 heteroatoms. The van der Waals surface area contributed by atoms with Gasteiger partial charge < -0.3 is 19.1 Å². The van der Waals surface area contributed by atoms with Crippen molar-refractivity contribution < 1.29 is 36.9 Å². The van der Waals surface area contributed by atoms with E-state index in [1.54, 1.807) is 34.9 Å². The summed E-state index contributed by atoms with van der Waals surface area (Å²) < 4.78 is 73.6. The van der Waals surface area contributed by atoms with Gasteiger partial charge in [0.2, 0.25) is 0 Å². The summed E-state index contributed by atoms with van der Waals surface area (Å²) in [6.45, 7) is 4.51. The van der Waals surface area contributed by atoms with Crippen molar-refractivity contribution in [1.82, 2.24) is 14.5 Å². The number of carboxylic acid groups (broad SMARTS) is 1. The van der Waals surface area contributed by atoms with E-state index in [2.05, 4.69) is 9.97 Å². The van der Waals surface area contributed by atoms with E-state index in [-0.39, 0.29) is 48.2 Å². The monoisotopic (exact) mass is 630 g/mol. The highest BCUT2D eigenvalue weighted by Gasteiger charge is 2.39. The molecule has 1 saturated heterocycles. The molecule has 1 aliphatic heterocycles. The van der Waals surface area contributed by atoms with E-state index < -0.39 is 46.2 Å². The first-order chi connectivity index (χ1) is 21.9. The fraction of sp³-hybridized carbons (Fsp3) is 0.235. The molecule has 1 N–H and O–H groups in total. The molecule has 0 saturated carbocycles. The summed E-state index contributed by atoms with van der Waals surface area (Å²) in [5, 5.41) is 18.5. The van der Waals surface area contributed by atoms with Crippen molar-refractivity contribution in [2.75, 3.05) is 13.2 Å². The number of hydrogen-bond donors (Lipinski definition) is 1. The van der Waals surface area contributed by atoms with E-state index in [1.165, 1.54) is 12.1 Å². The van der Waals surface area contributed by atoms with Crippen molar-refractivity contribution in [3.63, 3.8) is 0 Å². The predicted molar refractivity (Wildman–Crippen MR) is 158 cm³/mol. The first-order valence-corrected chi connectivity index (χ1v) is 14.2. The molecule has 0 radical (unpaired) electrons. The molecule has 6 rings (SSSR count). The minimum absolute atomic E-state index is 0.0349. The molecule has 8 nitrogen and oxygen atoms in total. The van der Waals surface area contributed by atoms with Crippen LogP contribution in [0.5, 0.6) is 5.88 Å². The van der Waals surface area contributed by atoms with Crippen molar-refractivity contribution in [2.45, 2.75) is 32.9 Å². The zero-order valence-electron chi connectivity index (χ0n) is 24.7. The van der Waals surface area contributed by atoms with Crippen LogP contribution in [0.25, 0.3) is 22.3 Å². The van der Waals surface area contributed by atoms with Crippen LogP contribution in [-0.2, 0) is 17.8 Å². The number of fused-ring (bicyclic) bond motifs is 1. The predicted octanol–water partition coefficient (Wildman–Crippen LogP) is 6.99. The largest absolute Gasteiger partial charge is 0.478 e. The smallest absolute Gasteiger partial charge is 0.335 e. The van der Waals surface area contributed by atoms with Crippen LogP contribution < -0.4 is 4.74 Å². The molecule has 1 unspecified atom stereocenters. The molecule has 234 valence electrons. The van der Waals surface area contributed by atoms with Gasteiger partial charge in [0.15, 0.2) is 11.6 Å². The lowest BCUT2D eigenvalue weighted by atomic mass is 9.87. The van der Waals surface area contributed by atoms with Gasteiger partial charge in [0.1, 0.15) is 29.8 Å². The maximum atomic E-state index is 15.7. The molecule has 1 atom stereocenters. The highest BCUT2D eigenvalue weighted by Crippen LogP contribution is 2.41.